The van der Waals surface area contributed by atoms with Crippen molar-refractivity contribution in [2.24, 2.45) is 5.73 Å². The number of thiocarbonyl (C=S) groups is 1. The van der Waals surface area contributed by atoms with E-state index < -0.39 is 0 Å². The van der Waals surface area contributed by atoms with Gasteiger partial charge in [-0.15, -0.1) is 0 Å². The number of hydrogen-bond donors (Lipinski definition) is 2. The van der Waals surface area contributed by atoms with E-state index >= 15 is 0 Å². The molecule has 2 rings (SSSR count). The fraction of sp³-hybridized carbons (Fsp3) is 0.0833. The molecular formula is C12H11FN4S. The van der Waals surface area contributed by atoms with Gasteiger partial charge < -0.3 is 11.1 Å². The van der Waals surface area contributed by atoms with E-state index in [1.807, 2.05) is 13.0 Å². The van der Waals surface area contributed by atoms with E-state index in [9.17, 15) is 4.39 Å². The van der Waals surface area contributed by atoms with Crippen molar-refractivity contribution in [2.75, 3.05) is 5.32 Å². The Balaban J connectivity index is 2.26. The van der Waals surface area contributed by atoms with Gasteiger partial charge in [0.05, 0.1) is 18.1 Å². The molecule has 0 amide bonds. The molecule has 0 radical (unpaired) electrons. The summed E-state index contributed by atoms with van der Waals surface area (Å²) in [4.78, 5) is 8.27. The van der Waals surface area contributed by atoms with Crippen LogP contribution in [0, 0.1) is 12.7 Å². The van der Waals surface area contributed by atoms with Crippen molar-refractivity contribution in [3.8, 4) is 0 Å². The molecule has 18 heavy (non-hydrogen) atoms. The Bertz CT molecular complexity index is 563. The monoisotopic (exact) mass is 262 g/mol. The fourth-order valence-corrected chi connectivity index (χ4v) is 1.54. The second kappa shape index (κ2) is 5.05. The third kappa shape index (κ3) is 2.60. The molecule has 2 aromatic rings. The summed E-state index contributed by atoms with van der Waals surface area (Å²) in [6.07, 6.45) is 2.90. The molecule has 92 valence electrons. The molecule has 4 nitrogen and oxygen atoms in total. The minimum Gasteiger partial charge on any atom is -0.388 e. The number of nitrogens with one attached hydrogen (secondary N) is 1. The fourth-order valence-electron chi connectivity index (χ4n) is 1.44. The van der Waals surface area contributed by atoms with Gasteiger partial charge in [0.1, 0.15) is 22.3 Å². The molecule has 0 fully saturated rings. The van der Waals surface area contributed by atoms with Crippen molar-refractivity contribution in [2.45, 2.75) is 6.92 Å². The van der Waals surface area contributed by atoms with Crippen molar-refractivity contribution >= 4 is 28.7 Å². The predicted molar refractivity (Wildman–Crippen MR) is 72.3 cm³/mol. The number of nitrogens with two attached hydrogens (primary N) is 1. The van der Waals surface area contributed by atoms with Gasteiger partial charge in [0.15, 0.2) is 0 Å². The molecule has 6 heteroatoms. The van der Waals surface area contributed by atoms with Gasteiger partial charge in [-0.05, 0) is 18.6 Å². The van der Waals surface area contributed by atoms with Gasteiger partial charge in [-0.1, -0.05) is 24.4 Å². The smallest absolute Gasteiger partial charge is 0.148 e. The third-order valence-corrected chi connectivity index (χ3v) is 2.59. The van der Waals surface area contributed by atoms with Gasteiger partial charge in [-0.3, -0.25) is 0 Å². The highest BCUT2D eigenvalue weighted by Gasteiger charge is 2.06. The molecule has 1 heterocycles. The number of halogens is 1. The first-order valence-electron chi connectivity index (χ1n) is 5.22. The maximum atomic E-state index is 13.6. The highest BCUT2D eigenvalue weighted by atomic mass is 32.1. The van der Waals surface area contributed by atoms with Crippen LogP contribution in [0.5, 0.6) is 0 Å². The Morgan fingerprint density at radius 2 is 2.11 bits per heavy atom. The summed E-state index contributed by atoms with van der Waals surface area (Å²) in [6, 6.07) is 4.84. The number of nitrogens with zero attached hydrogens (tertiary/aromatic N) is 2. The molecular weight excluding hydrogens is 251 g/mol. The molecule has 0 aliphatic heterocycles. The Morgan fingerprint density at radius 1 is 1.33 bits per heavy atom. The molecule has 1 aromatic carbocycles. The number of aryl methyl sites for hydroxylation is 1. The van der Waals surface area contributed by atoms with Gasteiger partial charge in [-0.2, -0.15) is 0 Å². The van der Waals surface area contributed by atoms with Crippen LogP contribution in [0.1, 0.15) is 11.3 Å². The Labute approximate surface area is 109 Å². The zero-order chi connectivity index (χ0) is 13.1. The summed E-state index contributed by atoms with van der Waals surface area (Å²) in [5, 5.41) is 2.87. The van der Waals surface area contributed by atoms with E-state index in [1.165, 1.54) is 18.5 Å². The maximum Gasteiger partial charge on any atom is 0.148 e. The van der Waals surface area contributed by atoms with E-state index in [-0.39, 0.29) is 10.8 Å². The van der Waals surface area contributed by atoms with Crippen LogP contribution in [0.15, 0.2) is 30.6 Å². The summed E-state index contributed by atoms with van der Waals surface area (Å²) < 4.78 is 13.6. The zero-order valence-corrected chi connectivity index (χ0v) is 10.5. The van der Waals surface area contributed by atoms with Gasteiger partial charge in [0, 0.05) is 0 Å². The van der Waals surface area contributed by atoms with Gasteiger partial charge in [0.25, 0.3) is 0 Å². The van der Waals surface area contributed by atoms with E-state index in [2.05, 4.69) is 15.3 Å². The quantitative estimate of drug-likeness (QED) is 0.831. The van der Waals surface area contributed by atoms with Crippen molar-refractivity contribution < 1.29 is 4.39 Å². The minimum absolute atomic E-state index is 0.177. The van der Waals surface area contributed by atoms with Crippen molar-refractivity contribution in [1.29, 1.82) is 0 Å². The molecule has 1 aromatic heterocycles. The summed E-state index contributed by atoms with van der Waals surface area (Å²) in [6.45, 7) is 1.81. The highest BCUT2D eigenvalue weighted by Crippen LogP contribution is 2.22. The lowest BCUT2D eigenvalue weighted by atomic mass is 10.2. The molecule has 3 N–H and O–H groups in total. The van der Waals surface area contributed by atoms with Crippen LogP contribution >= 0.6 is 12.2 Å². The van der Waals surface area contributed by atoms with E-state index in [4.69, 9.17) is 18.0 Å². The van der Waals surface area contributed by atoms with Crippen LogP contribution in [-0.2, 0) is 0 Å². The molecule has 0 unspecified atom stereocenters. The first-order valence-corrected chi connectivity index (χ1v) is 5.63. The largest absolute Gasteiger partial charge is 0.388 e. The van der Waals surface area contributed by atoms with Crippen molar-refractivity contribution in [3.63, 3.8) is 0 Å². The normalized spacial score (nSPS) is 10.1. The summed E-state index contributed by atoms with van der Waals surface area (Å²) >= 11 is 4.77. The average molecular weight is 262 g/mol. The molecule has 0 saturated heterocycles. The standard InChI is InChI=1S/C12H11FN4S/c1-7-3-2-4-8(13)11(7)17-10-6-15-9(5-16-10)12(14)18/h2-6H,1H3,(H2,14,18)(H,16,17). The zero-order valence-electron chi connectivity index (χ0n) is 9.64. The van der Waals surface area contributed by atoms with E-state index in [1.54, 1.807) is 6.07 Å². The van der Waals surface area contributed by atoms with Crippen LogP contribution < -0.4 is 11.1 Å². The SMILES string of the molecule is Cc1cccc(F)c1Nc1cnc(C(N)=S)cn1. The van der Waals surface area contributed by atoms with Crippen molar-refractivity contribution in [3.05, 3.63) is 47.7 Å². The summed E-state index contributed by atoms with van der Waals surface area (Å²) in [5.41, 5.74) is 7.02. The first-order chi connectivity index (χ1) is 8.58. The van der Waals surface area contributed by atoms with Crippen LogP contribution in [0.2, 0.25) is 0 Å². The Hall–Kier alpha value is -2.08. The van der Waals surface area contributed by atoms with Crippen LogP contribution in [0.3, 0.4) is 0 Å². The molecule has 0 saturated carbocycles. The average Bonchev–Trinajstić information content (AvgIpc) is 2.34. The van der Waals surface area contributed by atoms with E-state index in [0.29, 0.717) is 17.2 Å². The molecule has 0 bridgehead atoms. The lowest BCUT2D eigenvalue weighted by Crippen LogP contribution is -2.12. The Kier molecular flexibility index (Phi) is 3.47. The van der Waals surface area contributed by atoms with Gasteiger partial charge in [-0.25, -0.2) is 14.4 Å². The predicted octanol–water partition coefficient (Wildman–Crippen LogP) is 2.30. The second-order valence-electron chi connectivity index (χ2n) is 3.71. The summed E-state index contributed by atoms with van der Waals surface area (Å²) in [7, 11) is 0. The topological polar surface area (TPSA) is 63.8 Å². The number of hydrogen-bond acceptors (Lipinski definition) is 4. The first kappa shape index (κ1) is 12.4. The minimum atomic E-state index is -0.338. The highest BCUT2D eigenvalue weighted by molar-refractivity contribution is 7.80. The maximum absolute atomic E-state index is 13.6. The van der Waals surface area contributed by atoms with Crippen LogP contribution in [0.4, 0.5) is 15.9 Å². The third-order valence-electron chi connectivity index (χ3n) is 2.38. The van der Waals surface area contributed by atoms with Gasteiger partial charge >= 0.3 is 0 Å². The van der Waals surface area contributed by atoms with Gasteiger partial charge in [0.2, 0.25) is 0 Å². The second-order valence-corrected chi connectivity index (χ2v) is 4.15. The molecule has 0 spiro atoms. The van der Waals surface area contributed by atoms with Crippen LogP contribution in [0.25, 0.3) is 0 Å². The van der Waals surface area contributed by atoms with Crippen LogP contribution in [-0.4, -0.2) is 15.0 Å². The number of benzene rings is 1. The van der Waals surface area contributed by atoms with Crippen molar-refractivity contribution in [1.82, 2.24) is 9.97 Å². The molecule has 0 aliphatic carbocycles. The Morgan fingerprint density at radius 3 is 2.67 bits per heavy atom. The molecule has 0 atom stereocenters. The number of rotatable bonds is 3. The summed E-state index contributed by atoms with van der Waals surface area (Å²) in [5.74, 6) is 0.0958. The number of aromatic nitrogens is 2. The number of para-hydroxylation sites is 1. The van der Waals surface area contributed by atoms with E-state index in [0.717, 1.165) is 5.56 Å². The lowest BCUT2D eigenvalue weighted by Gasteiger charge is -2.09. The number of anilines is 2. The molecule has 0 aliphatic rings. The lowest BCUT2D eigenvalue weighted by molar-refractivity contribution is 0.630.